The van der Waals surface area contributed by atoms with E-state index in [9.17, 15) is 0 Å². The van der Waals surface area contributed by atoms with Gasteiger partial charge in [0.1, 0.15) is 5.52 Å². The number of nitrogens with zero attached hydrogens (tertiary/aromatic N) is 1. The third-order valence-electron chi connectivity index (χ3n) is 5.95. The zero-order valence-corrected chi connectivity index (χ0v) is 16.5. The van der Waals surface area contributed by atoms with Gasteiger partial charge in [-0.15, -0.1) is 0 Å². The van der Waals surface area contributed by atoms with E-state index < -0.39 is 18.3 Å². The van der Waals surface area contributed by atoms with E-state index in [4.69, 9.17) is 18.7 Å². The van der Waals surface area contributed by atoms with Crippen molar-refractivity contribution in [2.75, 3.05) is 0 Å². The number of hydrogen-bond acceptors (Lipinski definition) is 4. The Kier molecular flexibility index (Phi) is 3.70. The van der Waals surface area contributed by atoms with Crippen LogP contribution in [0.15, 0.2) is 65.1 Å². The summed E-state index contributed by atoms with van der Waals surface area (Å²) in [7, 11) is -0.480. The lowest BCUT2D eigenvalue weighted by atomic mass is 9.78. The van der Waals surface area contributed by atoms with Crippen molar-refractivity contribution in [3.8, 4) is 11.5 Å². The number of para-hydroxylation sites is 1. The minimum atomic E-state index is -0.480. The Morgan fingerprint density at radius 2 is 1.50 bits per heavy atom. The van der Waals surface area contributed by atoms with Gasteiger partial charge in [-0.05, 0) is 56.7 Å². The van der Waals surface area contributed by atoms with Gasteiger partial charge in [0.2, 0.25) is 5.89 Å². The molecule has 140 valence electrons. The van der Waals surface area contributed by atoms with Crippen LogP contribution in [0.1, 0.15) is 27.7 Å². The summed E-state index contributed by atoms with van der Waals surface area (Å²) in [6.07, 6.45) is 0. The number of aromatic nitrogens is 1. The molecule has 0 amide bonds. The van der Waals surface area contributed by atoms with Crippen LogP contribution >= 0.6 is 0 Å². The second kappa shape index (κ2) is 5.93. The maximum atomic E-state index is 6.22. The Hall–Kier alpha value is -2.63. The summed E-state index contributed by atoms with van der Waals surface area (Å²) >= 11 is 0. The van der Waals surface area contributed by atoms with Gasteiger partial charge in [-0.25, -0.2) is 4.98 Å². The average molecular weight is 371 g/mol. The Labute approximate surface area is 164 Å². The van der Waals surface area contributed by atoms with Crippen molar-refractivity contribution in [2.24, 2.45) is 0 Å². The van der Waals surface area contributed by atoms with Crippen molar-refractivity contribution in [1.29, 1.82) is 0 Å². The Bertz CT molecular complexity index is 1180. The van der Waals surface area contributed by atoms with Crippen molar-refractivity contribution >= 4 is 34.5 Å². The quantitative estimate of drug-likeness (QED) is 0.468. The molecule has 1 aromatic heterocycles. The van der Waals surface area contributed by atoms with Gasteiger partial charge in [0, 0.05) is 11.0 Å². The van der Waals surface area contributed by atoms with Gasteiger partial charge in [0.15, 0.2) is 5.58 Å². The lowest BCUT2D eigenvalue weighted by Crippen LogP contribution is -2.41. The molecule has 0 radical (unpaired) electrons. The van der Waals surface area contributed by atoms with Gasteiger partial charge in [0.05, 0.1) is 11.2 Å². The first-order chi connectivity index (χ1) is 13.3. The SMILES string of the molecule is CC1(C)OB(c2cccc3nc(-c4ccc5ccccc5c4)oc23)OC1(C)C. The molecular weight excluding hydrogens is 349 g/mol. The zero-order valence-electron chi connectivity index (χ0n) is 16.5. The van der Waals surface area contributed by atoms with E-state index in [1.165, 1.54) is 5.39 Å². The van der Waals surface area contributed by atoms with E-state index in [1.54, 1.807) is 0 Å². The van der Waals surface area contributed by atoms with Crippen LogP contribution < -0.4 is 5.46 Å². The Morgan fingerprint density at radius 1 is 0.786 bits per heavy atom. The Balaban J connectivity index is 1.59. The molecular formula is C23H22BNO3. The summed E-state index contributed by atoms with van der Waals surface area (Å²) in [5, 5.41) is 2.36. The van der Waals surface area contributed by atoms with Crippen molar-refractivity contribution < 1.29 is 13.7 Å². The molecule has 2 heterocycles. The number of fused-ring (bicyclic) bond motifs is 2. The molecule has 4 nitrogen and oxygen atoms in total. The molecule has 5 heteroatoms. The fraction of sp³-hybridized carbons (Fsp3) is 0.261. The van der Waals surface area contributed by atoms with Crippen molar-refractivity contribution in [1.82, 2.24) is 4.98 Å². The third-order valence-corrected chi connectivity index (χ3v) is 5.95. The highest BCUT2D eigenvalue weighted by atomic mass is 16.7. The molecule has 5 rings (SSSR count). The normalized spacial score (nSPS) is 18.2. The van der Waals surface area contributed by atoms with Crippen molar-refractivity contribution in [3.63, 3.8) is 0 Å². The molecule has 1 aliphatic rings. The number of oxazole rings is 1. The van der Waals surface area contributed by atoms with Crippen LogP contribution in [0.5, 0.6) is 0 Å². The topological polar surface area (TPSA) is 44.5 Å². The largest absolute Gasteiger partial charge is 0.498 e. The summed E-state index contributed by atoms with van der Waals surface area (Å²) in [6, 6.07) is 20.4. The molecule has 3 aromatic carbocycles. The highest BCUT2D eigenvalue weighted by Gasteiger charge is 2.52. The lowest BCUT2D eigenvalue weighted by Gasteiger charge is -2.32. The van der Waals surface area contributed by atoms with Crippen LogP contribution in [0.4, 0.5) is 0 Å². The van der Waals surface area contributed by atoms with E-state index in [2.05, 4.69) is 24.3 Å². The van der Waals surface area contributed by atoms with Gasteiger partial charge < -0.3 is 13.7 Å². The van der Waals surface area contributed by atoms with E-state index in [0.717, 1.165) is 21.9 Å². The predicted octanol–water partition coefficient (Wildman–Crippen LogP) is 4.95. The van der Waals surface area contributed by atoms with Gasteiger partial charge in [-0.2, -0.15) is 0 Å². The maximum Gasteiger partial charge on any atom is 0.498 e. The molecule has 0 N–H and O–H groups in total. The van der Waals surface area contributed by atoms with E-state index >= 15 is 0 Å². The fourth-order valence-corrected chi connectivity index (χ4v) is 3.57. The van der Waals surface area contributed by atoms with E-state index in [0.29, 0.717) is 11.5 Å². The molecule has 1 fully saturated rings. The summed E-state index contributed by atoms with van der Waals surface area (Å²) in [6.45, 7) is 8.20. The molecule has 4 aromatic rings. The molecule has 0 spiro atoms. The van der Waals surface area contributed by atoms with Crippen molar-refractivity contribution in [2.45, 2.75) is 38.9 Å². The lowest BCUT2D eigenvalue weighted by molar-refractivity contribution is 0.00578. The molecule has 0 bridgehead atoms. The second-order valence-corrected chi connectivity index (χ2v) is 8.36. The highest BCUT2D eigenvalue weighted by molar-refractivity contribution is 6.64. The highest BCUT2D eigenvalue weighted by Crippen LogP contribution is 2.37. The first-order valence-electron chi connectivity index (χ1n) is 9.58. The minimum Gasteiger partial charge on any atom is -0.436 e. The minimum absolute atomic E-state index is 0.402. The Morgan fingerprint density at radius 3 is 2.25 bits per heavy atom. The third kappa shape index (κ3) is 2.66. The molecule has 0 aliphatic carbocycles. The van der Waals surface area contributed by atoms with E-state index in [-0.39, 0.29) is 0 Å². The van der Waals surface area contributed by atoms with Gasteiger partial charge in [-0.3, -0.25) is 0 Å². The zero-order chi connectivity index (χ0) is 19.5. The molecule has 0 unspecified atom stereocenters. The van der Waals surface area contributed by atoms with Crippen LogP contribution in [0.25, 0.3) is 33.3 Å². The number of benzene rings is 3. The summed E-state index contributed by atoms with van der Waals surface area (Å²) in [5.41, 5.74) is 2.53. The van der Waals surface area contributed by atoms with Crippen molar-refractivity contribution in [3.05, 3.63) is 60.7 Å². The average Bonchev–Trinajstić information content (AvgIpc) is 3.19. The van der Waals surface area contributed by atoms with Gasteiger partial charge >= 0.3 is 7.12 Å². The fourth-order valence-electron chi connectivity index (χ4n) is 3.57. The standard InChI is InChI=1S/C23H22BNO3/c1-22(2)23(3,4)28-24(27-22)18-10-7-11-19-20(18)26-21(25-19)17-13-12-15-8-5-6-9-16(15)14-17/h5-14H,1-4H3. The molecule has 0 saturated carbocycles. The molecule has 1 saturated heterocycles. The van der Waals surface area contributed by atoms with Crippen LogP contribution in [-0.4, -0.2) is 23.3 Å². The number of hydrogen-bond donors (Lipinski definition) is 0. The summed E-state index contributed by atoms with van der Waals surface area (Å²) in [4.78, 5) is 4.72. The predicted molar refractivity (Wildman–Crippen MR) is 113 cm³/mol. The van der Waals surface area contributed by atoms with Gasteiger partial charge in [-0.1, -0.05) is 42.5 Å². The summed E-state index contributed by atoms with van der Waals surface area (Å²) in [5.74, 6) is 0.602. The van der Waals surface area contributed by atoms with Crippen LogP contribution in [-0.2, 0) is 9.31 Å². The van der Waals surface area contributed by atoms with Crippen LogP contribution in [0, 0.1) is 0 Å². The van der Waals surface area contributed by atoms with E-state index in [1.807, 2.05) is 64.1 Å². The molecule has 28 heavy (non-hydrogen) atoms. The van der Waals surface area contributed by atoms with Gasteiger partial charge in [0.25, 0.3) is 0 Å². The maximum absolute atomic E-state index is 6.22. The van der Waals surface area contributed by atoms with Crippen LogP contribution in [0.3, 0.4) is 0 Å². The van der Waals surface area contributed by atoms with Crippen LogP contribution in [0.2, 0.25) is 0 Å². The first kappa shape index (κ1) is 17.5. The molecule has 1 aliphatic heterocycles. The molecule has 0 atom stereocenters. The first-order valence-corrected chi connectivity index (χ1v) is 9.58. The smallest absolute Gasteiger partial charge is 0.436 e. The monoisotopic (exact) mass is 371 g/mol. The second-order valence-electron chi connectivity index (χ2n) is 8.36. The number of rotatable bonds is 2. The summed E-state index contributed by atoms with van der Waals surface area (Å²) < 4.78 is 18.7.